The van der Waals surface area contributed by atoms with Crippen molar-refractivity contribution in [1.29, 1.82) is 5.41 Å². The zero-order valence-electron chi connectivity index (χ0n) is 6.35. The maximum Gasteiger partial charge on any atom is 0.166 e. The third kappa shape index (κ3) is 0.751. The second-order valence-corrected chi connectivity index (χ2v) is 3.27. The highest BCUT2D eigenvalue weighted by molar-refractivity contribution is 6.44. The van der Waals surface area contributed by atoms with Gasteiger partial charge in [-0.15, -0.1) is 0 Å². The second-order valence-electron chi connectivity index (χ2n) is 3.27. The van der Waals surface area contributed by atoms with Crippen LogP contribution >= 0.6 is 0 Å². The van der Waals surface area contributed by atoms with Gasteiger partial charge in [0.1, 0.15) is 5.71 Å². The predicted molar refractivity (Wildman–Crippen MR) is 43.7 cm³/mol. The Morgan fingerprint density at radius 2 is 2.09 bits per heavy atom. The number of nitrogens with zero attached hydrogens (tertiary/aromatic N) is 1. The molecule has 1 aliphatic heterocycles. The van der Waals surface area contributed by atoms with Crippen LogP contribution in [0.2, 0.25) is 0 Å². The first-order valence-electron chi connectivity index (χ1n) is 3.94. The van der Waals surface area contributed by atoms with Gasteiger partial charge in [-0.1, -0.05) is 12.8 Å². The van der Waals surface area contributed by atoms with Crippen molar-refractivity contribution in [2.75, 3.05) is 0 Å². The summed E-state index contributed by atoms with van der Waals surface area (Å²) in [4.78, 5) is 0. The minimum absolute atomic E-state index is 0.177. The van der Waals surface area contributed by atoms with E-state index in [1.807, 2.05) is 0 Å². The van der Waals surface area contributed by atoms with Crippen molar-refractivity contribution in [1.82, 2.24) is 5.43 Å². The normalized spacial score (nSPS) is 27.3. The van der Waals surface area contributed by atoms with E-state index in [9.17, 15) is 0 Å². The number of hydrazone groups is 1. The van der Waals surface area contributed by atoms with Crippen LogP contribution in [0.25, 0.3) is 0 Å². The number of hydrogen-bond donors (Lipinski definition) is 3. The van der Waals surface area contributed by atoms with Crippen molar-refractivity contribution in [3.8, 4) is 0 Å². The first-order chi connectivity index (χ1) is 5.25. The van der Waals surface area contributed by atoms with E-state index in [-0.39, 0.29) is 5.54 Å². The van der Waals surface area contributed by atoms with Gasteiger partial charge in [0.25, 0.3) is 0 Å². The largest absolute Gasteiger partial charge is 0.381 e. The Balaban J connectivity index is 2.25. The maximum atomic E-state index is 7.68. The maximum absolute atomic E-state index is 7.68. The van der Waals surface area contributed by atoms with E-state index in [1.54, 1.807) is 0 Å². The Labute approximate surface area is 65.4 Å². The summed E-state index contributed by atoms with van der Waals surface area (Å²) in [5.74, 6) is 0.368. The Morgan fingerprint density at radius 1 is 1.45 bits per heavy atom. The zero-order chi connectivity index (χ0) is 7.90. The molecule has 4 heteroatoms. The molecule has 0 radical (unpaired) electrons. The fourth-order valence-electron chi connectivity index (χ4n) is 1.86. The van der Waals surface area contributed by atoms with Crippen LogP contribution in [0.15, 0.2) is 5.10 Å². The van der Waals surface area contributed by atoms with E-state index in [0.717, 1.165) is 12.8 Å². The van der Waals surface area contributed by atoms with Gasteiger partial charge in [-0.2, -0.15) is 5.10 Å². The lowest BCUT2D eigenvalue weighted by molar-refractivity contribution is 0.473. The van der Waals surface area contributed by atoms with Crippen LogP contribution in [0.5, 0.6) is 0 Å². The summed E-state index contributed by atoms with van der Waals surface area (Å²) < 4.78 is 0. The molecule has 0 unspecified atom stereocenters. The molecule has 1 fully saturated rings. The van der Waals surface area contributed by atoms with Crippen molar-refractivity contribution in [3.63, 3.8) is 0 Å². The molecule has 2 aliphatic rings. The highest BCUT2D eigenvalue weighted by Gasteiger charge is 2.43. The summed E-state index contributed by atoms with van der Waals surface area (Å²) in [6.07, 6.45) is 4.38. The molecule has 0 aromatic heterocycles. The molecule has 1 heterocycles. The Kier molecular flexibility index (Phi) is 1.19. The van der Waals surface area contributed by atoms with E-state index < -0.39 is 0 Å². The standard InChI is InChI=1S/C7H12N4/c8-5-6(9)10-11-7(5)3-1-2-4-7/h8,11H,1-4H2,(H2,9,10). The van der Waals surface area contributed by atoms with Crippen molar-refractivity contribution in [3.05, 3.63) is 0 Å². The Morgan fingerprint density at radius 3 is 2.55 bits per heavy atom. The fourth-order valence-corrected chi connectivity index (χ4v) is 1.86. The van der Waals surface area contributed by atoms with Crippen LogP contribution in [-0.2, 0) is 0 Å². The lowest BCUT2D eigenvalue weighted by Gasteiger charge is -2.21. The van der Waals surface area contributed by atoms with Gasteiger partial charge in [0.2, 0.25) is 0 Å². The SMILES string of the molecule is N=C1C(N)=NNC12CCCC2. The molecule has 0 aromatic rings. The summed E-state index contributed by atoms with van der Waals surface area (Å²) in [7, 11) is 0. The third-order valence-electron chi connectivity index (χ3n) is 2.58. The van der Waals surface area contributed by atoms with E-state index in [0.29, 0.717) is 11.5 Å². The molecule has 0 atom stereocenters. The van der Waals surface area contributed by atoms with Crippen LogP contribution in [0, 0.1) is 5.41 Å². The topological polar surface area (TPSA) is 74.3 Å². The van der Waals surface area contributed by atoms with Gasteiger partial charge in [-0.3, -0.25) is 10.8 Å². The molecular formula is C7H12N4. The molecule has 60 valence electrons. The molecular weight excluding hydrogens is 140 g/mol. The third-order valence-corrected chi connectivity index (χ3v) is 2.58. The van der Waals surface area contributed by atoms with E-state index in [1.165, 1.54) is 12.8 Å². The molecule has 11 heavy (non-hydrogen) atoms. The van der Waals surface area contributed by atoms with Crippen molar-refractivity contribution in [2.24, 2.45) is 10.8 Å². The van der Waals surface area contributed by atoms with Crippen LogP contribution in [0.4, 0.5) is 0 Å². The van der Waals surface area contributed by atoms with Crippen LogP contribution < -0.4 is 11.2 Å². The molecule has 0 amide bonds. The molecule has 0 saturated heterocycles. The van der Waals surface area contributed by atoms with Gasteiger partial charge in [-0.25, -0.2) is 0 Å². The zero-order valence-corrected chi connectivity index (χ0v) is 6.35. The molecule has 0 aromatic carbocycles. The van der Waals surface area contributed by atoms with Gasteiger partial charge in [0.05, 0.1) is 5.54 Å². The number of nitrogens with one attached hydrogen (secondary N) is 2. The summed E-state index contributed by atoms with van der Waals surface area (Å²) in [6.45, 7) is 0. The average Bonchev–Trinajstić information content (AvgIpc) is 2.56. The summed E-state index contributed by atoms with van der Waals surface area (Å²) >= 11 is 0. The highest BCUT2D eigenvalue weighted by atomic mass is 15.4. The van der Waals surface area contributed by atoms with Crippen LogP contribution in [-0.4, -0.2) is 17.1 Å². The number of hydrogen-bond acceptors (Lipinski definition) is 4. The number of rotatable bonds is 0. The molecule has 1 saturated carbocycles. The lowest BCUT2D eigenvalue weighted by Crippen LogP contribution is -2.45. The smallest absolute Gasteiger partial charge is 0.166 e. The van der Waals surface area contributed by atoms with Crippen LogP contribution in [0.3, 0.4) is 0 Å². The van der Waals surface area contributed by atoms with Gasteiger partial charge in [0, 0.05) is 0 Å². The van der Waals surface area contributed by atoms with E-state index in [2.05, 4.69) is 10.5 Å². The second kappa shape index (κ2) is 1.96. The molecule has 1 aliphatic carbocycles. The summed E-state index contributed by atoms with van der Waals surface area (Å²) in [6, 6.07) is 0. The quantitative estimate of drug-likeness (QED) is 0.463. The lowest BCUT2D eigenvalue weighted by atomic mass is 9.93. The van der Waals surface area contributed by atoms with Crippen molar-refractivity contribution in [2.45, 2.75) is 31.2 Å². The molecule has 1 spiro atoms. The Hall–Kier alpha value is -1.06. The molecule has 2 rings (SSSR count). The molecule has 0 bridgehead atoms. The fraction of sp³-hybridized carbons (Fsp3) is 0.714. The highest BCUT2D eigenvalue weighted by Crippen LogP contribution is 2.32. The van der Waals surface area contributed by atoms with Crippen molar-refractivity contribution >= 4 is 11.5 Å². The van der Waals surface area contributed by atoms with E-state index in [4.69, 9.17) is 11.1 Å². The first-order valence-corrected chi connectivity index (χ1v) is 3.94. The number of amidine groups is 1. The molecule has 4 nitrogen and oxygen atoms in total. The van der Waals surface area contributed by atoms with Gasteiger partial charge >= 0.3 is 0 Å². The predicted octanol–water partition coefficient (Wildman–Crippen LogP) is 0.194. The van der Waals surface area contributed by atoms with Gasteiger partial charge in [0.15, 0.2) is 5.84 Å². The monoisotopic (exact) mass is 152 g/mol. The molecule has 4 N–H and O–H groups in total. The van der Waals surface area contributed by atoms with E-state index >= 15 is 0 Å². The average molecular weight is 152 g/mol. The van der Waals surface area contributed by atoms with Crippen LogP contribution in [0.1, 0.15) is 25.7 Å². The van der Waals surface area contributed by atoms with Gasteiger partial charge < -0.3 is 5.73 Å². The van der Waals surface area contributed by atoms with Crippen molar-refractivity contribution < 1.29 is 0 Å². The minimum atomic E-state index is -0.177. The minimum Gasteiger partial charge on any atom is -0.381 e. The summed E-state index contributed by atoms with van der Waals surface area (Å²) in [5.41, 5.74) is 8.78. The summed E-state index contributed by atoms with van der Waals surface area (Å²) in [5, 5.41) is 11.6. The van der Waals surface area contributed by atoms with Gasteiger partial charge in [-0.05, 0) is 12.8 Å². The first kappa shape index (κ1) is 6.64. The number of nitrogens with two attached hydrogens (primary N) is 1. The Bertz CT molecular complexity index is 225.